The Labute approximate surface area is 62.3 Å². The topological polar surface area (TPSA) is 55.3 Å². The van der Waals surface area contributed by atoms with E-state index in [4.69, 9.17) is 11.6 Å². The molecular formula is C7H17N3. The van der Waals surface area contributed by atoms with Gasteiger partial charge in [0, 0.05) is 13.1 Å². The standard InChI is InChI=1S/C7H17N3/c8-4-3-7-2-1-5-10(9)6-7/h7H,1-6,8-9H2. The van der Waals surface area contributed by atoms with Crippen LogP contribution in [0.25, 0.3) is 0 Å². The van der Waals surface area contributed by atoms with Crippen molar-refractivity contribution in [1.29, 1.82) is 0 Å². The number of rotatable bonds is 2. The lowest BCUT2D eigenvalue weighted by atomic mass is 9.96. The zero-order valence-corrected chi connectivity index (χ0v) is 6.42. The Balaban J connectivity index is 2.18. The van der Waals surface area contributed by atoms with Crippen molar-refractivity contribution < 1.29 is 0 Å². The lowest BCUT2D eigenvalue weighted by Crippen LogP contribution is -2.40. The molecule has 3 nitrogen and oxygen atoms in total. The van der Waals surface area contributed by atoms with Crippen LogP contribution in [0.1, 0.15) is 19.3 Å². The van der Waals surface area contributed by atoms with Crippen LogP contribution in [0, 0.1) is 5.92 Å². The van der Waals surface area contributed by atoms with E-state index in [-0.39, 0.29) is 0 Å². The predicted octanol–water partition coefficient (Wildman–Crippen LogP) is -0.0791. The molecule has 1 fully saturated rings. The maximum atomic E-state index is 5.65. The highest BCUT2D eigenvalue weighted by atomic mass is 15.4. The van der Waals surface area contributed by atoms with Crippen LogP contribution >= 0.6 is 0 Å². The Hall–Kier alpha value is -0.120. The minimum Gasteiger partial charge on any atom is -0.330 e. The van der Waals surface area contributed by atoms with Crippen molar-refractivity contribution >= 4 is 0 Å². The fraction of sp³-hybridized carbons (Fsp3) is 1.00. The van der Waals surface area contributed by atoms with Gasteiger partial charge in [0.1, 0.15) is 0 Å². The van der Waals surface area contributed by atoms with Gasteiger partial charge in [-0.2, -0.15) is 0 Å². The summed E-state index contributed by atoms with van der Waals surface area (Å²) in [5.41, 5.74) is 5.45. The zero-order chi connectivity index (χ0) is 7.40. The highest BCUT2D eigenvalue weighted by Crippen LogP contribution is 2.16. The summed E-state index contributed by atoms with van der Waals surface area (Å²) in [6.45, 7) is 2.90. The largest absolute Gasteiger partial charge is 0.330 e. The second kappa shape index (κ2) is 3.91. The zero-order valence-electron chi connectivity index (χ0n) is 6.42. The molecule has 0 radical (unpaired) electrons. The number of hydrogen-bond donors (Lipinski definition) is 2. The molecule has 10 heavy (non-hydrogen) atoms. The molecule has 1 unspecified atom stereocenters. The van der Waals surface area contributed by atoms with Crippen LogP contribution in [0.5, 0.6) is 0 Å². The summed E-state index contributed by atoms with van der Waals surface area (Å²) in [5.74, 6) is 6.40. The summed E-state index contributed by atoms with van der Waals surface area (Å²) in [7, 11) is 0. The van der Waals surface area contributed by atoms with Crippen molar-refractivity contribution in [3.63, 3.8) is 0 Å². The van der Waals surface area contributed by atoms with Gasteiger partial charge < -0.3 is 5.73 Å². The number of nitrogens with zero attached hydrogens (tertiary/aromatic N) is 1. The number of nitrogens with two attached hydrogens (primary N) is 2. The van der Waals surface area contributed by atoms with Crippen molar-refractivity contribution in [2.75, 3.05) is 19.6 Å². The highest BCUT2D eigenvalue weighted by molar-refractivity contribution is 4.69. The molecule has 1 atom stereocenters. The van der Waals surface area contributed by atoms with Crippen LogP contribution in [-0.4, -0.2) is 24.6 Å². The predicted molar refractivity (Wildman–Crippen MR) is 42.2 cm³/mol. The smallest absolute Gasteiger partial charge is 0.0157 e. The highest BCUT2D eigenvalue weighted by Gasteiger charge is 2.15. The van der Waals surface area contributed by atoms with Crippen LogP contribution < -0.4 is 11.6 Å². The van der Waals surface area contributed by atoms with Gasteiger partial charge >= 0.3 is 0 Å². The van der Waals surface area contributed by atoms with Gasteiger partial charge in [0.25, 0.3) is 0 Å². The van der Waals surface area contributed by atoms with Gasteiger partial charge in [0.05, 0.1) is 0 Å². The SMILES string of the molecule is NCCC1CCCN(N)C1. The third-order valence-electron chi connectivity index (χ3n) is 2.13. The summed E-state index contributed by atoms with van der Waals surface area (Å²) in [4.78, 5) is 0. The van der Waals surface area contributed by atoms with Crippen molar-refractivity contribution in [3.05, 3.63) is 0 Å². The Morgan fingerprint density at radius 1 is 1.50 bits per heavy atom. The Bertz CT molecular complexity index is 92.9. The van der Waals surface area contributed by atoms with E-state index in [0.717, 1.165) is 32.0 Å². The van der Waals surface area contributed by atoms with Crippen molar-refractivity contribution in [2.24, 2.45) is 17.5 Å². The van der Waals surface area contributed by atoms with Gasteiger partial charge in [-0.15, -0.1) is 0 Å². The second-order valence-corrected chi connectivity index (χ2v) is 3.08. The van der Waals surface area contributed by atoms with Gasteiger partial charge in [-0.05, 0) is 31.7 Å². The molecular weight excluding hydrogens is 126 g/mol. The first kappa shape index (κ1) is 7.98. The normalized spacial score (nSPS) is 28.8. The van der Waals surface area contributed by atoms with E-state index in [0.29, 0.717) is 0 Å². The molecule has 0 bridgehead atoms. The molecule has 1 aliphatic rings. The van der Waals surface area contributed by atoms with Crippen LogP contribution in [0.3, 0.4) is 0 Å². The first-order valence-corrected chi connectivity index (χ1v) is 4.02. The van der Waals surface area contributed by atoms with Crippen molar-refractivity contribution in [2.45, 2.75) is 19.3 Å². The molecule has 0 aromatic rings. The summed E-state index contributed by atoms with van der Waals surface area (Å²) in [6.07, 6.45) is 3.68. The number of piperidine rings is 1. The van der Waals surface area contributed by atoms with E-state index in [1.165, 1.54) is 12.8 Å². The number of hydrogen-bond acceptors (Lipinski definition) is 3. The van der Waals surface area contributed by atoms with E-state index in [1.807, 2.05) is 5.01 Å². The average Bonchev–Trinajstić information content (AvgIpc) is 1.88. The van der Waals surface area contributed by atoms with Crippen molar-refractivity contribution in [3.8, 4) is 0 Å². The Morgan fingerprint density at radius 3 is 2.90 bits per heavy atom. The first-order valence-electron chi connectivity index (χ1n) is 4.02. The van der Waals surface area contributed by atoms with Crippen LogP contribution in [0.4, 0.5) is 0 Å². The Morgan fingerprint density at radius 2 is 2.30 bits per heavy atom. The summed E-state index contributed by atoms with van der Waals surface area (Å²) in [6, 6.07) is 0. The molecule has 0 saturated carbocycles. The van der Waals surface area contributed by atoms with Gasteiger partial charge in [0.2, 0.25) is 0 Å². The third-order valence-corrected chi connectivity index (χ3v) is 2.13. The minimum absolute atomic E-state index is 0.753. The molecule has 1 rings (SSSR count). The third kappa shape index (κ3) is 2.25. The monoisotopic (exact) mass is 143 g/mol. The maximum Gasteiger partial charge on any atom is 0.0157 e. The van der Waals surface area contributed by atoms with Crippen LogP contribution in [0.2, 0.25) is 0 Å². The van der Waals surface area contributed by atoms with E-state index in [2.05, 4.69) is 0 Å². The average molecular weight is 143 g/mol. The fourth-order valence-corrected chi connectivity index (χ4v) is 1.57. The van der Waals surface area contributed by atoms with E-state index >= 15 is 0 Å². The molecule has 0 aromatic carbocycles. The van der Waals surface area contributed by atoms with E-state index in [1.54, 1.807) is 0 Å². The summed E-state index contributed by atoms with van der Waals surface area (Å²) >= 11 is 0. The molecule has 0 spiro atoms. The molecule has 1 heterocycles. The number of hydrazine groups is 1. The lowest BCUT2D eigenvalue weighted by Gasteiger charge is -2.28. The van der Waals surface area contributed by atoms with Gasteiger partial charge in [0.15, 0.2) is 0 Å². The van der Waals surface area contributed by atoms with Gasteiger partial charge in [-0.1, -0.05) is 0 Å². The van der Waals surface area contributed by atoms with E-state index < -0.39 is 0 Å². The Kier molecular flexibility index (Phi) is 3.12. The molecule has 1 aliphatic heterocycles. The summed E-state index contributed by atoms with van der Waals surface area (Å²) < 4.78 is 0. The van der Waals surface area contributed by atoms with Gasteiger partial charge in [-0.25, -0.2) is 5.01 Å². The van der Waals surface area contributed by atoms with Crippen LogP contribution in [-0.2, 0) is 0 Å². The molecule has 3 heteroatoms. The summed E-state index contributed by atoms with van der Waals surface area (Å²) in [5, 5.41) is 1.91. The second-order valence-electron chi connectivity index (χ2n) is 3.08. The molecule has 0 amide bonds. The molecule has 1 saturated heterocycles. The molecule has 4 N–H and O–H groups in total. The van der Waals surface area contributed by atoms with Crippen molar-refractivity contribution in [1.82, 2.24) is 5.01 Å². The first-order chi connectivity index (χ1) is 4.83. The molecule has 0 aliphatic carbocycles. The van der Waals surface area contributed by atoms with Gasteiger partial charge in [-0.3, -0.25) is 5.84 Å². The minimum atomic E-state index is 0.753. The quantitative estimate of drug-likeness (QED) is 0.532. The maximum absolute atomic E-state index is 5.65. The molecule has 60 valence electrons. The molecule has 0 aromatic heterocycles. The van der Waals surface area contributed by atoms with Crippen LogP contribution in [0.15, 0.2) is 0 Å². The lowest BCUT2D eigenvalue weighted by molar-refractivity contribution is 0.173. The van der Waals surface area contributed by atoms with E-state index in [9.17, 15) is 0 Å². The fourth-order valence-electron chi connectivity index (χ4n) is 1.57.